The highest BCUT2D eigenvalue weighted by atomic mass is 16.6. The number of benzene rings is 1. The SMILES string of the molecule is CN=C(N)Nc1ccccc1CC(NC(=O)OC(C)(C)C)C(=O)O. The summed E-state index contributed by atoms with van der Waals surface area (Å²) in [6, 6.07) is 5.91. The van der Waals surface area contributed by atoms with Crippen LogP contribution in [0.3, 0.4) is 0 Å². The van der Waals surface area contributed by atoms with E-state index < -0.39 is 23.7 Å². The third-order valence-electron chi connectivity index (χ3n) is 2.93. The number of alkyl carbamates (subject to hydrolysis) is 1. The van der Waals surface area contributed by atoms with Crippen molar-refractivity contribution >= 4 is 23.7 Å². The standard InChI is InChI=1S/C16H24N4O4/c1-16(2,3)24-15(23)20-12(13(21)22)9-10-7-5-6-8-11(10)19-14(17)18-4/h5-8,12H,9H2,1-4H3,(H,20,23)(H,21,22)(H3,17,18,19). The normalized spacial score (nSPS) is 13.1. The van der Waals surface area contributed by atoms with E-state index in [1.807, 2.05) is 0 Å². The number of hydrogen-bond donors (Lipinski definition) is 4. The maximum Gasteiger partial charge on any atom is 0.408 e. The van der Waals surface area contributed by atoms with Crippen LogP contribution in [0.25, 0.3) is 0 Å². The summed E-state index contributed by atoms with van der Waals surface area (Å²) in [6.45, 7) is 5.11. The molecular formula is C16H24N4O4. The van der Waals surface area contributed by atoms with Gasteiger partial charge in [-0.2, -0.15) is 0 Å². The fourth-order valence-corrected chi connectivity index (χ4v) is 1.88. The van der Waals surface area contributed by atoms with Crippen molar-refractivity contribution in [2.75, 3.05) is 12.4 Å². The minimum absolute atomic E-state index is 0.0642. The summed E-state index contributed by atoms with van der Waals surface area (Å²) in [7, 11) is 1.54. The first kappa shape index (κ1) is 19.3. The highest BCUT2D eigenvalue weighted by Gasteiger charge is 2.25. The first-order valence-electron chi connectivity index (χ1n) is 7.42. The van der Waals surface area contributed by atoms with Gasteiger partial charge in [-0.1, -0.05) is 18.2 Å². The molecule has 0 heterocycles. The maximum atomic E-state index is 11.8. The van der Waals surface area contributed by atoms with Crippen molar-refractivity contribution in [3.05, 3.63) is 29.8 Å². The van der Waals surface area contributed by atoms with E-state index in [1.165, 1.54) is 7.05 Å². The summed E-state index contributed by atoms with van der Waals surface area (Å²) in [4.78, 5) is 27.1. The summed E-state index contributed by atoms with van der Waals surface area (Å²) in [6.07, 6.45) is -0.718. The number of carbonyl (C=O) groups is 2. The molecule has 0 spiro atoms. The molecule has 0 aliphatic carbocycles. The Hall–Kier alpha value is -2.77. The van der Waals surface area contributed by atoms with Gasteiger partial charge in [-0.05, 0) is 32.4 Å². The summed E-state index contributed by atoms with van der Waals surface area (Å²) in [5.41, 5.74) is 6.23. The number of hydrogen-bond acceptors (Lipinski definition) is 4. The molecule has 0 radical (unpaired) electrons. The van der Waals surface area contributed by atoms with E-state index in [0.717, 1.165) is 0 Å². The van der Waals surface area contributed by atoms with Crippen LogP contribution in [-0.4, -0.2) is 41.8 Å². The molecule has 1 atom stereocenters. The number of amides is 1. The van der Waals surface area contributed by atoms with E-state index in [0.29, 0.717) is 11.3 Å². The monoisotopic (exact) mass is 336 g/mol. The lowest BCUT2D eigenvalue weighted by Crippen LogP contribution is -2.44. The molecule has 0 bridgehead atoms. The van der Waals surface area contributed by atoms with Crippen LogP contribution >= 0.6 is 0 Å². The molecule has 0 saturated heterocycles. The lowest BCUT2D eigenvalue weighted by molar-refractivity contribution is -0.139. The van der Waals surface area contributed by atoms with Gasteiger partial charge < -0.3 is 26.2 Å². The molecule has 1 amide bonds. The van der Waals surface area contributed by atoms with Crippen molar-refractivity contribution in [2.24, 2.45) is 10.7 Å². The number of carboxylic acid groups (broad SMARTS) is 1. The Morgan fingerprint density at radius 3 is 2.50 bits per heavy atom. The summed E-state index contributed by atoms with van der Waals surface area (Å²) >= 11 is 0. The first-order chi connectivity index (χ1) is 11.1. The maximum absolute atomic E-state index is 11.8. The quantitative estimate of drug-likeness (QED) is 0.477. The van der Waals surface area contributed by atoms with Crippen LogP contribution in [0.4, 0.5) is 10.5 Å². The van der Waals surface area contributed by atoms with Crippen LogP contribution in [0.5, 0.6) is 0 Å². The van der Waals surface area contributed by atoms with Crippen molar-refractivity contribution in [3.63, 3.8) is 0 Å². The lowest BCUT2D eigenvalue weighted by atomic mass is 10.0. The number of ether oxygens (including phenoxy) is 1. The van der Waals surface area contributed by atoms with Crippen LogP contribution < -0.4 is 16.4 Å². The number of nitrogens with zero attached hydrogens (tertiary/aromatic N) is 1. The zero-order chi connectivity index (χ0) is 18.3. The summed E-state index contributed by atoms with van der Waals surface area (Å²) in [5, 5.41) is 14.6. The average molecular weight is 336 g/mol. The van der Waals surface area contributed by atoms with Crippen LogP contribution in [0.1, 0.15) is 26.3 Å². The second-order valence-electron chi connectivity index (χ2n) is 6.13. The number of carboxylic acids is 1. The molecule has 24 heavy (non-hydrogen) atoms. The Morgan fingerprint density at radius 2 is 1.96 bits per heavy atom. The topological polar surface area (TPSA) is 126 Å². The number of para-hydroxylation sites is 1. The number of anilines is 1. The van der Waals surface area contributed by atoms with Crippen LogP contribution in [0.15, 0.2) is 29.3 Å². The van der Waals surface area contributed by atoms with Crippen molar-refractivity contribution < 1.29 is 19.4 Å². The average Bonchev–Trinajstić information content (AvgIpc) is 2.46. The Morgan fingerprint density at radius 1 is 1.33 bits per heavy atom. The van der Waals surface area contributed by atoms with Gasteiger partial charge in [-0.3, -0.25) is 4.99 Å². The van der Waals surface area contributed by atoms with Gasteiger partial charge in [-0.15, -0.1) is 0 Å². The fourth-order valence-electron chi connectivity index (χ4n) is 1.88. The number of nitrogens with two attached hydrogens (primary N) is 1. The van der Waals surface area contributed by atoms with E-state index in [4.69, 9.17) is 10.5 Å². The molecule has 0 aliphatic rings. The van der Waals surface area contributed by atoms with Crippen molar-refractivity contribution in [1.29, 1.82) is 0 Å². The number of rotatable bonds is 5. The van der Waals surface area contributed by atoms with E-state index >= 15 is 0 Å². The summed E-state index contributed by atoms with van der Waals surface area (Å²) < 4.78 is 5.10. The van der Waals surface area contributed by atoms with Gasteiger partial charge in [0, 0.05) is 19.2 Å². The molecule has 8 nitrogen and oxygen atoms in total. The molecule has 5 N–H and O–H groups in total. The van der Waals surface area contributed by atoms with Crippen LogP contribution in [0.2, 0.25) is 0 Å². The molecule has 132 valence electrons. The number of nitrogens with one attached hydrogen (secondary N) is 2. The van der Waals surface area contributed by atoms with Gasteiger partial charge >= 0.3 is 12.1 Å². The Kier molecular flexibility index (Phi) is 6.58. The van der Waals surface area contributed by atoms with Gasteiger partial charge in [0.2, 0.25) is 0 Å². The molecule has 8 heteroatoms. The number of guanidine groups is 1. The Balaban J connectivity index is 2.90. The molecule has 1 aromatic rings. The molecule has 0 aromatic heterocycles. The van der Waals surface area contributed by atoms with E-state index in [1.54, 1.807) is 45.0 Å². The molecule has 1 rings (SSSR count). The van der Waals surface area contributed by atoms with Gasteiger partial charge in [0.25, 0.3) is 0 Å². The highest BCUT2D eigenvalue weighted by Crippen LogP contribution is 2.17. The van der Waals surface area contributed by atoms with Gasteiger partial charge in [0.05, 0.1) is 0 Å². The molecular weight excluding hydrogens is 312 g/mol. The third-order valence-corrected chi connectivity index (χ3v) is 2.93. The van der Waals surface area contributed by atoms with Crippen molar-refractivity contribution in [3.8, 4) is 0 Å². The molecule has 0 saturated carbocycles. The fraction of sp³-hybridized carbons (Fsp3) is 0.438. The highest BCUT2D eigenvalue weighted by molar-refractivity contribution is 5.93. The molecule has 1 unspecified atom stereocenters. The number of aliphatic imine (C=N–C) groups is 1. The smallest absolute Gasteiger partial charge is 0.408 e. The predicted octanol–water partition coefficient (Wildman–Crippen LogP) is 1.56. The van der Waals surface area contributed by atoms with E-state index in [-0.39, 0.29) is 12.4 Å². The zero-order valence-corrected chi connectivity index (χ0v) is 14.3. The van der Waals surface area contributed by atoms with Crippen LogP contribution in [0, 0.1) is 0 Å². The molecule has 0 aliphatic heterocycles. The second kappa shape index (κ2) is 8.19. The van der Waals surface area contributed by atoms with E-state index in [2.05, 4.69) is 15.6 Å². The minimum Gasteiger partial charge on any atom is -0.480 e. The second-order valence-corrected chi connectivity index (χ2v) is 6.13. The Labute approximate surface area is 141 Å². The van der Waals surface area contributed by atoms with Gasteiger partial charge in [-0.25, -0.2) is 9.59 Å². The molecule has 1 aromatic carbocycles. The predicted molar refractivity (Wildman–Crippen MR) is 92.1 cm³/mol. The Bertz CT molecular complexity index is 623. The van der Waals surface area contributed by atoms with Crippen molar-refractivity contribution in [1.82, 2.24) is 5.32 Å². The van der Waals surface area contributed by atoms with Crippen molar-refractivity contribution in [2.45, 2.75) is 38.8 Å². The molecule has 0 fully saturated rings. The lowest BCUT2D eigenvalue weighted by Gasteiger charge is -2.22. The van der Waals surface area contributed by atoms with Gasteiger partial charge in [0.15, 0.2) is 5.96 Å². The largest absolute Gasteiger partial charge is 0.480 e. The van der Waals surface area contributed by atoms with Crippen LogP contribution in [-0.2, 0) is 16.0 Å². The zero-order valence-electron chi connectivity index (χ0n) is 14.3. The summed E-state index contributed by atoms with van der Waals surface area (Å²) in [5.74, 6) is -0.956. The van der Waals surface area contributed by atoms with Gasteiger partial charge in [0.1, 0.15) is 11.6 Å². The third kappa shape index (κ3) is 6.55. The number of aliphatic carboxylic acids is 1. The minimum atomic E-state index is -1.16. The first-order valence-corrected chi connectivity index (χ1v) is 7.42. The number of carbonyl (C=O) groups excluding carboxylic acids is 1. The van der Waals surface area contributed by atoms with E-state index in [9.17, 15) is 14.7 Å².